The number of hydrogen-bond acceptors (Lipinski definition) is 2. The Morgan fingerprint density at radius 3 is 2.60 bits per heavy atom. The number of hydrogen-bond donors (Lipinski definition) is 0. The van der Waals surface area contributed by atoms with E-state index in [2.05, 4.69) is 11.0 Å². The minimum Gasteiger partial charge on any atom is -0.374 e. The SMILES string of the molecule is [CH2]SCOC. The van der Waals surface area contributed by atoms with E-state index >= 15 is 0 Å². The topological polar surface area (TPSA) is 9.23 Å². The summed E-state index contributed by atoms with van der Waals surface area (Å²) < 4.78 is 4.59. The van der Waals surface area contributed by atoms with Gasteiger partial charge in [0.15, 0.2) is 0 Å². The molecule has 0 spiro atoms. The maximum Gasteiger partial charge on any atom is 0.0917 e. The van der Waals surface area contributed by atoms with Gasteiger partial charge in [-0.1, -0.05) is 0 Å². The molecule has 0 aromatic carbocycles. The normalized spacial score (nSPS) is 8.40. The van der Waals surface area contributed by atoms with Crippen molar-refractivity contribution in [1.82, 2.24) is 0 Å². The van der Waals surface area contributed by atoms with Crippen LogP contribution >= 0.6 is 11.8 Å². The van der Waals surface area contributed by atoms with Crippen LogP contribution in [0.1, 0.15) is 0 Å². The summed E-state index contributed by atoms with van der Waals surface area (Å²) in [6, 6.07) is 0. The summed E-state index contributed by atoms with van der Waals surface area (Å²) in [7, 11) is 1.65. The quantitative estimate of drug-likeness (QED) is 0.471. The Morgan fingerprint density at radius 1 is 2.00 bits per heavy atom. The van der Waals surface area contributed by atoms with Crippen molar-refractivity contribution in [2.75, 3.05) is 13.0 Å². The minimum atomic E-state index is 0.694. The van der Waals surface area contributed by atoms with E-state index in [9.17, 15) is 0 Å². The van der Waals surface area contributed by atoms with Gasteiger partial charge >= 0.3 is 0 Å². The van der Waals surface area contributed by atoms with Gasteiger partial charge in [-0.15, -0.1) is 11.8 Å². The average Bonchev–Trinajstić information content (AvgIpc) is 1.41. The summed E-state index contributed by atoms with van der Waals surface area (Å²) in [4.78, 5) is 0. The number of rotatable bonds is 2. The molecule has 0 heterocycles. The summed E-state index contributed by atoms with van der Waals surface area (Å²) in [5.41, 5.74) is 0. The molecule has 0 unspecified atom stereocenters. The number of methoxy groups -OCH3 is 1. The summed E-state index contributed by atoms with van der Waals surface area (Å²) in [6.07, 6.45) is 3.47. The van der Waals surface area contributed by atoms with Crippen LogP contribution < -0.4 is 0 Å². The van der Waals surface area contributed by atoms with Crippen molar-refractivity contribution in [3.05, 3.63) is 6.26 Å². The van der Waals surface area contributed by atoms with E-state index in [-0.39, 0.29) is 0 Å². The molecule has 31 valence electrons. The van der Waals surface area contributed by atoms with E-state index < -0.39 is 0 Å². The van der Waals surface area contributed by atoms with Crippen LogP contribution in [0, 0.1) is 6.26 Å². The second kappa shape index (κ2) is 4.31. The highest BCUT2D eigenvalue weighted by molar-refractivity contribution is 8.00. The Balaban J connectivity index is 2.19. The third-order valence-electron chi connectivity index (χ3n) is 0.201. The van der Waals surface area contributed by atoms with Gasteiger partial charge < -0.3 is 4.74 Å². The van der Waals surface area contributed by atoms with Crippen molar-refractivity contribution in [2.24, 2.45) is 0 Å². The van der Waals surface area contributed by atoms with Gasteiger partial charge in [0.2, 0.25) is 0 Å². The molecule has 0 bridgehead atoms. The smallest absolute Gasteiger partial charge is 0.0917 e. The molecule has 1 radical (unpaired) electrons. The predicted molar refractivity (Wildman–Crippen MR) is 24.8 cm³/mol. The lowest BCUT2D eigenvalue weighted by Crippen LogP contribution is -1.73. The van der Waals surface area contributed by atoms with Crippen LogP contribution in [0.15, 0.2) is 0 Å². The molecular formula is C3H7OS. The highest BCUT2D eigenvalue weighted by Gasteiger charge is 1.65. The van der Waals surface area contributed by atoms with Gasteiger partial charge in [-0.25, -0.2) is 0 Å². The zero-order valence-electron chi connectivity index (χ0n) is 3.23. The molecule has 0 aromatic heterocycles. The van der Waals surface area contributed by atoms with E-state index in [0.717, 1.165) is 0 Å². The number of thioether (sulfide) groups is 1. The molecule has 0 aromatic rings. The molecule has 0 aliphatic heterocycles. The van der Waals surface area contributed by atoms with Gasteiger partial charge in [-0.3, -0.25) is 0 Å². The summed E-state index contributed by atoms with van der Waals surface area (Å²) in [5.74, 6) is 0.694. The highest BCUT2D eigenvalue weighted by Crippen LogP contribution is 1.90. The fraction of sp³-hybridized carbons (Fsp3) is 0.667. The Labute approximate surface area is 36.7 Å². The number of ether oxygens (including phenoxy) is 1. The van der Waals surface area contributed by atoms with Crippen LogP contribution in [0.3, 0.4) is 0 Å². The summed E-state index contributed by atoms with van der Waals surface area (Å²) in [6.45, 7) is 0. The van der Waals surface area contributed by atoms with Crippen LogP contribution in [0.25, 0.3) is 0 Å². The second-order valence-corrected chi connectivity index (χ2v) is 1.25. The van der Waals surface area contributed by atoms with Gasteiger partial charge in [0.05, 0.1) is 5.94 Å². The maximum absolute atomic E-state index is 4.59. The van der Waals surface area contributed by atoms with Gasteiger partial charge in [-0.05, 0) is 0 Å². The van der Waals surface area contributed by atoms with E-state index in [4.69, 9.17) is 0 Å². The first-order valence-corrected chi connectivity index (χ1v) is 2.43. The largest absolute Gasteiger partial charge is 0.374 e. The molecule has 0 saturated carbocycles. The van der Waals surface area contributed by atoms with Crippen LogP contribution in [0.4, 0.5) is 0 Å². The summed E-state index contributed by atoms with van der Waals surface area (Å²) >= 11 is 1.43. The zero-order chi connectivity index (χ0) is 4.12. The van der Waals surface area contributed by atoms with Gasteiger partial charge in [-0.2, -0.15) is 0 Å². The first kappa shape index (κ1) is 5.31. The Bertz CT molecular complexity index is 14.4. The molecule has 0 atom stereocenters. The second-order valence-electron chi connectivity index (χ2n) is 0.611. The van der Waals surface area contributed by atoms with Crippen molar-refractivity contribution in [2.45, 2.75) is 0 Å². The van der Waals surface area contributed by atoms with E-state index in [1.165, 1.54) is 11.8 Å². The minimum absolute atomic E-state index is 0.694. The molecule has 1 nitrogen and oxygen atoms in total. The van der Waals surface area contributed by atoms with Crippen LogP contribution in [0.2, 0.25) is 0 Å². The third kappa shape index (κ3) is 4.31. The van der Waals surface area contributed by atoms with Crippen LogP contribution in [-0.4, -0.2) is 13.0 Å². The molecule has 0 saturated heterocycles. The molecule has 0 rings (SSSR count). The Morgan fingerprint density at radius 2 is 2.60 bits per heavy atom. The molecule has 0 aliphatic rings. The fourth-order valence-electron chi connectivity index (χ4n) is 0.0833. The molecule has 0 amide bonds. The standard InChI is InChI=1S/C3H7OS/c1-4-3-5-2/h2-3H2,1H3. The van der Waals surface area contributed by atoms with Crippen molar-refractivity contribution < 1.29 is 4.74 Å². The van der Waals surface area contributed by atoms with E-state index in [1.54, 1.807) is 7.11 Å². The lowest BCUT2D eigenvalue weighted by molar-refractivity contribution is 0.259. The molecule has 2 heteroatoms. The maximum atomic E-state index is 4.59. The molecule has 0 N–H and O–H groups in total. The van der Waals surface area contributed by atoms with Crippen LogP contribution in [-0.2, 0) is 4.74 Å². The van der Waals surface area contributed by atoms with E-state index in [1.807, 2.05) is 0 Å². The average molecular weight is 91.2 g/mol. The van der Waals surface area contributed by atoms with Gasteiger partial charge in [0.1, 0.15) is 0 Å². The van der Waals surface area contributed by atoms with Crippen molar-refractivity contribution in [3.63, 3.8) is 0 Å². The van der Waals surface area contributed by atoms with Crippen molar-refractivity contribution in [3.8, 4) is 0 Å². The Hall–Kier alpha value is 0.310. The van der Waals surface area contributed by atoms with Crippen molar-refractivity contribution >= 4 is 11.8 Å². The predicted octanol–water partition coefficient (Wildman–Crippen LogP) is 1.12. The first-order valence-electron chi connectivity index (χ1n) is 1.27. The molecular weight excluding hydrogens is 84.1 g/mol. The molecule has 0 fully saturated rings. The lowest BCUT2D eigenvalue weighted by atomic mass is 11.5. The highest BCUT2D eigenvalue weighted by atomic mass is 32.2. The lowest BCUT2D eigenvalue weighted by Gasteiger charge is -1.84. The van der Waals surface area contributed by atoms with Crippen LogP contribution in [0.5, 0.6) is 0 Å². The third-order valence-corrected chi connectivity index (χ3v) is 0.604. The first-order chi connectivity index (χ1) is 2.41. The summed E-state index contributed by atoms with van der Waals surface area (Å²) in [5, 5.41) is 0. The zero-order valence-corrected chi connectivity index (χ0v) is 4.05. The van der Waals surface area contributed by atoms with E-state index in [0.29, 0.717) is 5.94 Å². The molecule has 0 aliphatic carbocycles. The Kier molecular flexibility index (Phi) is 4.58. The monoisotopic (exact) mass is 91.0 g/mol. The molecule has 5 heavy (non-hydrogen) atoms. The van der Waals surface area contributed by atoms with Gasteiger partial charge in [0, 0.05) is 13.4 Å². The van der Waals surface area contributed by atoms with Crippen molar-refractivity contribution in [1.29, 1.82) is 0 Å². The fourth-order valence-corrected chi connectivity index (χ4v) is 0.250. The van der Waals surface area contributed by atoms with Gasteiger partial charge in [0.25, 0.3) is 0 Å².